The maximum Gasteiger partial charge on any atom is 0.127 e. The van der Waals surface area contributed by atoms with Crippen molar-refractivity contribution >= 4 is 6.21 Å². The third-order valence-electron chi connectivity index (χ3n) is 0.513. The molecule has 0 bridgehead atoms. The Bertz CT molecular complexity index is 110. The summed E-state index contributed by atoms with van der Waals surface area (Å²) in [5.74, 6) is 0. The molecule has 1 heterocycles. The van der Waals surface area contributed by atoms with E-state index in [1.165, 1.54) is 12.5 Å². The highest BCUT2D eigenvalue weighted by Crippen LogP contribution is 1.82. The van der Waals surface area contributed by atoms with Crippen LogP contribution in [0.2, 0.25) is 0 Å². The molecule has 0 aromatic rings. The third-order valence-corrected chi connectivity index (χ3v) is 0.513. The lowest BCUT2D eigenvalue weighted by atomic mass is 10.7. The van der Waals surface area contributed by atoms with Crippen LogP contribution in [-0.4, -0.2) is 6.21 Å². The van der Waals surface area contributed by atoms with E-state index in [-0.39, 0.29) is 0 Å². The number of rotatable bonds is 0. The molecule has 0 N–H and O–H groups in total. The topological polar surface area (TPSA) is 21.6 Å². The molecule has 0 aromatic heterocycles. The predicted molar refractivity (Wildman–Crippen MR) is 26.5 cm³/mol. The lowest BCUT2D eigenvalue weighted by Crippen LogP contribution is -1.58. The van der Waals surface area contributed by atoms with E-state index in [0.717, 1.165) is 0 Å². The summed E-state index contributed by atoms with van der Waals surface area (Å²) in [4.78, 5) is 3.63. The number of allylic oxidation sites excluding steroid dienone is 1. The van der Waals surface area contributed by atoms with Crippen molar-refractivity contribution in [3.05, 3.63) is 24.8 Å². The van der Waals surface area contributed by atoms with Crippen LogP contribution in [-0.2, 0) is 4.74 Å². The van der Waals surface area contributed by atoms with E-state index in [0.29, 0.717) is 0 Å². The third kappa shape index (κ3) is 1.22. The van der Waals surface area contributed by atoms with Crippen molar-refractivity contribution in [2.24, 2.45) is 4.99 Å². The van der Waals surface area contributed by atoms with Crippen LogP contribution in [0.3, 0.4) is 0 Å². The fourth-order valence-electron chi connectivity index (χ4n) is 0.267. The van der Waals surface area contributed by atoms with E-state index in [9.17, 15) is 0 Å². The lowest BCUT2D eigenvalue weighted by molar-refractivity contribution is 0.401. The Balaban J connectivity index is 2.60. The van der Waals surface area contributed by atoms with Gasteiger partial charge in [0.15, 0.2) is 0 Å². The van der Waals surface area contributed by atoms with Gasteiger partial charge in [0, 0.05) is 6.21 Å². The molecule has 2 heteroatoms. The van der Waals surface area contributed by atoms with Crippen molar-refractivity contribution in [2.45, 2.75) is 0 Å². The Labute approximate surface area is 41.8 Å². The summed E-state index contributed by atoms with van der Waals surface area (Å²) in [6.45, 7) is 0. The van der Waals surface area contributed by atoms with Crippen LogP contribution >= 0.6 is 0 Å². The van der Waals surface area contributed by atoms with Crippen LogP contribution < -0.4 is 0 Å². The van der Waals surface area contributed by atoms with Gasteiger partial charge in [-0.2, -0.15) is 0 Å². The molecule has 1 radical (unpaired) electrons. The summed E-state index contributed by atoms with van der Waals surface area (Å²) in [7, 11) is 0. The molecule has 0 unspecified atom stereocenters. The first-order valence-corrected chi connectivity index (χ1v) is 1.91. The fraction of sp³-hybridized carbons (Fsp3) is 0. The Morgan fingerprint density at radius 3 is 3.57 bits per heavy atom. The molecule has 2 nitrogen and oxygen atoms in total. The SMILES string of the molecule is [C]1=COC=CC=N1. The molecular formula is C5H4NO. The highest BCUT2D eigenvalue weighted by Gasteiger charge is 1.71. The normalized spacial score (nSPS) is 16.0. The Kier molecular flexibility index (Phi) is 1.28. The first-order chi connectivity index (χ1) is 3.50. The van der Waals surface area contributed by atoms with Crippen LogP contribution in [0, 0.1) is 6.20 Å². The quantitative estimate of drug-likeness (QED) is 0.436. The van der Waals surface area contributed by atoms with Gasteiger partial charge in [-0.1, -0.05) is 0 Å². The zero-order valence-corrected chi connectivity index (χ0v) is 3.66. The molecule has 0 aliphatic carbocycles. The average molecular weight is 94.1 g/mol. The van der Waals surface area contributed by atoms with Crippen molar-refractivity contribution in [1.82, 2.24) is 0 Å². The minimum absolute atomic E-state index is 1.39. The second-order valence-corrected chi connectivity index (χ2v) is 0.990. The monoisotopic (exact) mass is 94.0 g/mol. The average Bonchev–Trinajstić information content (AvgIpc) is 1.90. The van der Waals surface area contributed by atoms with E-state index < -0.39 is 0 Å². The molecule has 1 aliphatic heterocycles. The van der Waals surface area contributed by atoms with E-state index in [1.807, 2.05) is 0 Å². The van der Waals surface area contributed by atoms with Gasteiger partial charge in [0.2, 0.25) is 0 Å². The predicted octanol–water partition coefficient (Wildman–Crippen LogP) is 0.875. The van der Waals surface area contributed by atoms with Crippen LogP contribution in [0.25, 0.3) is 0 Å². The van der Waals surface area contributed by atoms with E-state index >= 15 is 0 Å². The minimum Gasteiger partial charge on any atom is -0.470 e. The summed E-state index contributed by atoms with van der Waals surface area (Å²) in [6.07, 6.45) is 8.72. The van der Waals surface area contributed by atoms with Crippen LogP contribution in [0.1, 0.15) is 0 Å². The van der Waals surface area contributed by atoms with E-state index in [4.69, 9.17) is 0 Å². The molecule has 0 fully saturated rings. The largest absolute Gasteiger partial charge is 0.470 e. The second-order valence-electron chi connectivity index (χ2n) is 0.990. The number of ether oxygens (including phenoxy) is 1. The van der Waals surface area contributed by atoms with Gasteiger partial charge in [-0.15, -0.1) is 0 Å². The zero-order valence-electron chi connectivity index (χ0n) is 3.66. The molecule has 0 atom stereocenters. The fourth-order valence-corrected chi connectivity index (χ4v) is 0.267. The van der Waals surface area contributed by atoms with Gasteiger partial charge in [0.25, 0.3) is 0 Å². The lowest BCUT2D eigenvalue weighted by Gasteiger charge is -1.78. The van der Waals surface area contributed by atoms with Gasteiger partial charge in [-0.25, -0.2) is 0 Å². The second kappa shape index (κ2) is 2.18. The highest BCUT2D eigenvalue weighted by molar-refractivity contribution is 5.71. The molecular weight excluding hydrogens is 90.1 g/mol. The highest BCUT2D eigenvalue weighted by atomic mass is 16.5. The molecule has 0 spiro atoms. The summed E-state index contributed by atoms with van der Waals surface area (Å²) in [5, 5.41) is 0. The van der Waals surface area contributed by atoms with E-state index in [2.05, 4.69) is 15.9 Å². The molecule has 7 heavy (non-hydrogen) atoms. The number of nitrogens with zero attached hydrogens (tertiary/aromatic N) is 1. The molecule has 0 amide bonds. The van der Waals surface area contributed by atoms with Crippen LogP contribution in [0.4, 0.5) is 0 Å². The number of hydrogen-bond acceptors (Lipinski definition) is 2. The molecule has 0 saturated heterocycles. The number of hydrogen-bond donors (Lipinski definition) is 0. The summed E-state index contributed by atoms with van der Waals surface area (Å²) in [6, 6.07) is 0. The van der Waals surface area contributed by atoms with Gasteiger partial charge in [0.1, 0.15) is 12.5 Å². The first-order valence-electron chi connectivity index (χ1n) is 1.91. The van der Waals surface area contributed by atoms with Crippen molar-refractivity contribution in [1.29, 1.82) is 0 Å². The smallest absolute Gasteiger partial charge is 0.127 e. The minimum atomic E-state index is 1.39. The summed E-state index contributed by atoms with van der Waals surface area (Å²) < 4.78 is 4.65. The Morgan fingerprint density at radius 2 is 2.57 bits per heavy atom. The molecule has 1 rings (SSSR count). The summed E-state index contributed by atoms with van der Waals surface area (Å²) >= 11 is 0. The maximum absolute atomic E-state index is 4.65. The van der Waals surface area contributed by atoms with Crippen LogP contribution in [0.15, 0.2) is 23.6 Å². The van der Waals surface area contributed by atoms with Gasteiger partial charge in [-0.05, 0) is 6.08 Å². The molecule has 0 aromatic carbocycles. The molecule has 35 valence electrons. The van der Waals surface area contributed by atoms with Crippen molar-refractivity contribution < 1.29 is 4.74 Å². The van der Waals surface area contributed by atoms with Gasteiger partial charge in [0.05, 0.1) is 6.26 Å². The first kappa shape index (κ1) is 4.12. The van der Waals surface area contributed by atoms with Crippen molar-refractivity contribution in [2.75, 3.05) is 0 Å². The Morgan fingerprint density at radius 1 is 1.57 bits per heavy atom. The van der Waals surface area contributed by atoms with Gasteiger partial charge < -0.3 is 4.74 Å². The zero-order chi connectivity index (χ0) is 4.95. The van der Waals surface area contributed by atoms with Crippen LogP contribution in [0.5, 0.6) is 0 Å². The number of aliphatic imine (C=N–C) groups is 1. The molecule has 1 aliphatic rings. The Hall–Kier alpha value is -1.05. The summed E-state index contributed by atoms with van der Waals surface area (Å²) in [5.41, 5.74) is 0. The van der Waals surface area contributed by atoms with Gasteiger partial charge >= 0.3 is 0 Å². The standard InChI is InChI=1S/C5H4NO/c1-2-6-3-5-7-4-1/h1-2,4-5H. The van der Waals surface area contributed by atoms with Gasteiger partial charge in [-0.3, -0.25) is 4.99 Å². The maximum atomic E-state index is 4.65. The van der Waals surface area contributed by atoms with Crippen molar-refractivity contribution in [3.8, 4) is 0 Å². The van der Waals surface area contributed by atoms with Crippen molar-refractivity contribution in [3.63, 3.8) is 0 Å². The van der Waals surface area contributed by atoms with E-state index in [1.54, 1.807) is 12.3 Å². The molecule has 0 saturated carbocycles.